The van der Waals surface area contributed by atoms with Crippen LogP contribution in [-0.2, 0) is 0 Å². The zero-order chi connectivity index (χ0) is 11.4. The zero-order valence-electron chi connectivity index (χ0n) is 8.89. The lowest BCUT2D eigenvalue weighted by Crippen LogP contribution is -2.07. The summed E-state index contributed by atoms with van der Waals surface area (Å²) in [5, 5.41) is 0. The number of halogens is 2. The Kier molecular flexibility index (Phi) is 3.95. The molecule has 0 amide bonds. The van der Waals surface area contributed by atoms with Crippen molar-refractivity contribution in [2.45, 2.75) is 26.7 Å². The predicted molar refractivity (Wildman–Crippen MR) is 54.8 cm³/mol. The van der Waals surface area contributed by atoms with Crippen LogP contribution in [0.5, 0.6) is 0 Å². The third kappa shape index (κ3) is 3.11. The van der Waals surface area contributed by atoms with Crippen molar-refractivity contribution >= 4 is 5.78 Å². The fourth-order valence-electron chi connectivity index (χ4n) is 1.31. The van der Waals surface area contributed by atoms with E-state index >= 15 is 0 Å². The summed E-state index contributed by atoms with van der Waals surface area (Å²) in [5.74, 6) is -1.66. The normalized spacial score (nSPS) is 10.7. The third-order valence-electron chi connectivity index (χ3n) is 2.19. The summed E-state index contributed by atoms with van der Waals surface area (Å²) in [5.41, 5.74) is -0.404. The van der Waals surface area contributed by atoms with Gasteiger partial charge in [-0.15, -0.1) is 0 Å². The van der Waals surface area contributed by atoms with Crippen molar-refractivity contribution in [1.82, 2.24) is 0 Å². The molecule has 0 aliphatic rings. The molecule has 0 saturated heterocycles. The Morgan fingerprint density at radius 2 is 1.80 bits per heavy atom. The fourth-order valence-corrected chi connectivity index (χ4v) is 1.31. The van der Waals surface area contributed by atoms with Crippen LogP contribution in [0.3, 0.4) is 0 Å². The molecule has 1 aromatic rings. The van der Waals surface area contributed by atoms with Gasteiger partial charge in [0, 0.05) is 6.42 Å². The fraction of sp³-hybridized carbons (Fsp3) is 0.417. The smallest absolute Gasteiger partial charge is 0.168 e. The van der Waals surface area contributed by atoms with E-state index in [2.05, 4.69) is 0 Å². The molecule has 0 unspecified atom stereocenters. The van der Waals surface area contributed by atoms with Gasteiger partial charge >= 0.3 is 0 Å². The number of Topliss-reactive ketones (excluding diaryl/α,β-unsaturated/α-hetero) is 1. The maximum Gasteiger partial charge on any atom is 0.168 e. The van der Waals surface area contributed by atoms with Gasteiger partial charge in [-0.1, -0.05) is 19.9 Å². The summed E-state index contributed by atoms with van der Waals surface area (Å²) in [6.07, 6.45) is 0.835. The molecular weight excluding hydrogens is 198 g/mol. The lowest BCUT2D eigenvalue weighted by atomic mass is 10.0. The van der Waals surface area contributed by atoms with Gasteiger partial charge in [0.1, 0.15) is 11.6 Å². The lowest BCUT2D eigenvalue weighted by molar-refractivity contribution is 0.0967. The van der Waals surface area contributed by atoms with Crippen molar-refractivity contribution in [2.24, 2.45) is 5.92 Å². The van der Waals surface area contributed by atoms with Gasteiger partial charge < -0.3 is 0 Å². The van der Waals surface area contributed by atoms with E-state index in [-0.39, 0.29) is 6.42 Å². The Bertz CT molecular complexity index is 338. The van der Waals surface area contributed by atoms with Gasteiger partial charge in [-0.05, 0) is 24.5 Å². The summed E-state index contributed by atoms with van der Waals surface area (Å²) >= 11 is 0. The molecule has 1 rings (SSSR count). The van der Waals surface area contributed by atoms with Crippen LogP contribution in [0, 0.1) is 17.6 Å². The van der Waals surface area contributed by atoms with Crippen molar-refractivity contribution in [3.05, 3.63) is 35.4 Å². The molecule has 0 atom stereocenters. The van der Waals surface area contributed by atoms with Gasteiger partial charge in [0.2, 0.25) is 0 Å². The van der Waals surface area contributed by atoms with E-state index in [1.165, 1.54) is 6.07 Å². The molecule has 0 heterocycles. The second-order valence-corrected chi connectivity index (χ2v) is 3.95. The van der Waals surface area contributed by atoms with Gasteiger partial charge in [-0.25, -0.2) is 8.78 Å². The molecule has 0 aliphatic carbocycles. The van der Waals surface area contributed by atoms with Crippen LogP contribution in [-0.4, -0.2) is 5.78 Å². The average Bonchev–Trinajstić information content (AvgIpc) is 2.14. The van der Waals surface area contributed by atoms with Crippen LogP contribution in [0.2, 0.25) is 0 Å². The van der Waals surface area contributed by atoms with Gasteiger partial charge in [0.15, 0.2) is 5.78 Å². The Morgan fingerprint density at radius 3 is 2.27 bits per heavy atom. The third-order valence-corrected chi connectivity index (χ3v) is 2.19. The monoisotopic (exact) mass is 212 g/mol. The van der Waals surface area contributed by atoms with Crippen molar-refractivity contribution in [1.29, 1.82) is 0 Å². The summed E-state index contributed by atoms with van der Waals surface area (Å²) in [7, 11) is 0. The summed E-state index contributed by atoms with van der Waals surface area (Å²) in [4.78, 5) is 11.5. The van der Waals surface area contributed by atoms with Crippen LogP contribution in [0.4, 0.5) is 8.78 Å². The van der Waals surface area contributed by atoms with E-state index < -0.39 is 23.0 Å². The molecule has 0 fully saturated rings. The largest absolute Gasteiger partial charge is 0.294 e. The molecule has 0 saturated carbocycles. The molecule has 0 N–H and O–H groups in total. The second-order valence-electron chi connectivity index (χ2n) is 3.95. The van der Waals surface area contributed by atoms with E-state index in [1.807, 2.05) is 13.8 Å². The maximum atomic E-state index is 13.2. The molecular formula is C12H14F2O. The number of hydrogen-bond donors (Lipinski definition) is 0. The topological polar surface area (TPSA) is 17.1 Å². The maximum absolute atomic E-state index is 13.2. The number of carbonyl (C=O) groups excluding carboxylic acids is 1. The summed E-state index contributed by atoms with van der Waals surface area (Å²) in [6, 6.07) is 3.46. The van der Waals surface area contributed by atoms with E-state index in [9.17, 15) is 13.6 Å². The van der Waals surface area contributed by atoms with Crippen molar-refractivity contribution in [2.75, 3.05) is 0 Å². The number of hydrogen-bond acceptors (Lipinski definition) is 1. The molecule has 15 heavy (non-hydrogen) atoms. The molecule has 3 heteroatoms. The Labute approximate surface area is 88.1 Å². The first-order valence-electron chi connectivity index (χ1n) is 4.99. The first kappa shape index (κ1) is 11.8. The SMILES string of the molecule is CC(C)CCC(=O)c1c(F)cccc1F. The summed E-state index contributed by atoms with van der Waals surface area (Å²) < 4.78 is 26.3. The highest BCUT2D eigenvalue weighted by atomic mass is 19.1. The molecule has 0 bridgehead atoms. The van der Waals surface area contributed by atoms with Crippen molar-refractivity contribution in [3.63, 3.8) is 0 Å². The molecule has 1 nitrogen and oxygen atoms in total. The minimum Gasteiger partial charge on any atom is -0.294 e. The highest BCUT2D eigenvalue weighted by molar-refractivity contribution is 5.96. The van der Waals surface area contributed by atoms with Gasteiger partial charge in [0.25, 0.3) is 0 Å². The standard InChI is InChI=1S/C12H14F2O/c1-8(2)6-7-11(15)12-9(13)4-3-5-10(12)14/h3-5,8H,6-7H2,1-2H3. The van der Waals surface area contributed by atoms with Gasteiger partial charge in [-0.3, -0.25) is 4.79 Å². The van der Waals surface area contributed by atoms with E-state index in [0.29, 0.717) is 12.3 Å². The Balaban J connectivity index is 2.82. The van der Waals surface area contributed by atoms with Crippen LogP contribution in [0.15, 0.2) is 18.2 Å². The minimum atomic E-state index is -0.774. The molecule has 82 valence electrons. The molecule has 0 aliphatic heterocycles. The van der Waals surface area contributed by atoms with E-state index in [4.69, 9.17) is 0 Å². The number of carbonyl (C=O) groups is 1. The van der Waals surface area contributed by atoms with Crippen LogP contribution < -0.4 is 0 Å². The molecule has 0 aromatic heterocycles. The highest BCUT2D eigenvalue weighted by Gasteiger charge is 2.16. The summed E-state index contributed by atoms with van der Waals surface area (Å²) in [6.45, 7) is 3.93. The molecule has 0 radical (unpaired) electrons. The number of benzene rings is 1. The quantitative estimate of drug-likeness (QED) is 0.697. The zero-order valence-corrected chi connectivity index (χ0v) is 8.89. The van der Waals surface area contributed by atoms with Crippen molar-refractivity contribution in [3.8, 4) is 0 Å². The minimum absolute atomic E-state index is 0.190. The lowest BCUT2D eigenvalue weighted by Gasteiger charge is -2.05. The van der Waals surface area contributed by atoms with Gasteiger partial charge in [-0.2, -0.15) is 0 Å². The molecule has 0 spiro atoms. The van der Waals surface area contributed by atoms with Crippen LogP contribution in [0.25, 0.3) is 0 Å². The van der Waals surface area contributed by atoms with Gasteiger partial charge in [0.05, 0.1) is 5.56 Å². The van der Waals surface area contributed by atoms with E-state index in [0.717, 1.165) is 12.1 Å². The second kappa shape index (κ2) is 5.01. The first-order chi connectivity index (χ1) is 7.02. The predicted octanol–water partition coefficient (Wildman–Crippen LogP) is 3.58. The first-order valence-corrected chi connectivity index (χ1v) is 4.99. The average molecular weight is 212 g/mol. The van der Waals surface area contributed by atoms with E-state index in [1.54, 1.807) is 0 Å². The molecule has 1 aromatic carbocycles. The number of rotatable bonds is 4. The Morgan fingerprint density at radius 1 is 1.27 bits per heavy atom. The highest BCUT2D eigenvalue weighted by Crippen LogP contribution is 2.16. The van der Waals surface area contributed by atoms with Crippen LogP contribution in [0.1, 0.15) is 37.0 Å². The number of ketones is 1. The van der Waals surface area contributed by atoms with Crippen molar-refractivity contribution < 1.29 is 13.6 Å². The Hall–Kier alpha value is -1.25. The van der Waals surface area contributed by atoms with Crippen LogP contribution >= 0.6 is 0 Å².